The van der Waals surface area contributed by atoms with E-state index < -0.39 is 10.8 Å². The summed E-state index contributed by atoms with van der Waals surface area (Å²) in [7, 11) is 3.10. The number of nitrogens with zero attached hydrogens (tertiary/aromatic N) is 4. The molecule has 0 aliphatic carbocycles. The van der Waals surface area contributed by atoms with Crippen molar-refractivity contribution in [1.82, 2.24) is 15.4 Å². The molecule has 29 heavy (non-hydrogen) atoms. The van der Waals surface area contributed by atoms with Crippen molar-refractivity contribution in [3.63, 3.8) is 0 Å². The van der Waals surface area contributed by atoms with Crippen LogP contribution >= 0.6 is 0 Å². The SMILES string of the molecule is COc1ccccc1C(=O)NNc1ncnc(N(C)c2ccccc2)c1[N+](=O)[O-]. The average molecular weight is 394 g/mol. The predicted octanol–water partition coefficient (Wildman–Crippen LogP) is 2.92. The molecule has 0 bridgehead atoms. The van der Waals surface area contributed by atoms with E-state index in [1.807, 2.05) is 18.2 Å². The molecule has 0 fully saturated rings. The van der Waals surface area contributed by atoms with Crippen LogP contribution in [-0.2, 0) is 0 Å². The van der Waals surface area contributed by atoms with E-state index in [0.717, 1.165) is 0 Å². The summed E-state index contributed by atoms with van der Waals surface area (Å²) < 4.78 is 5.15. The lowest BCUT2D eigenvalue weighted by atomic mass is 10.2. The summed E-state index contributed by atoms with van der Waals surface area (Å²) in [5.74, 6) is -0.238. The van der Waals surface area contributed by atoms with Crippen LogP contribution in [0.4, 0.5) is 23.0 Å². The first-order chi connectivity index (χ1) is 14.0. The van der Waals surface area contributed by atoms with Crippen molar-refractivity contribution in [2.75, 3.05) is 24.5 Å². The lowest BCUT2D eigenvalue weighted by molar-refractivity contribution is -0.383. The predicted molar refractivity (Wildman–Crippen MR) is 107 cm³/mol. The zero-order valence-corrected chi connectivity index (χ0v) is 15.7. The van der Waals surface area contributed by atoms with Crippen LogP contribution in [0.3, 0.4) is 0 Å². The maximum absolute atomic E-state index is 12.4. The van der Waals surface area contributed by atoms with Gasteiger partial charge in [0, 0.05) is 12.7 Å². The molecular weight excluding hydrogens is 376 g/mol. The summed E-state index contributed by atoms with van der Waals surface area (Å²) in [4.78, 5) is 33.1. The Morgan fingerprint density at radius 1 is 1.10 bits per heavy atom. The zero-order chi connectivity index (χ0) is 20.8. The van der Waals surface area contributed by atoms with E-state index in [1.54, 1.807) is 48.3 Å². The molecule has 0 aliphatic rings. The number of hydrazine groups is 1. The Kier molecular flexibility index (Phi) is 5.83. The Morgan fingerprint density at radius 3 is 2.48 bits per heavy atom. The first kappa shape index (κ1) is 19.5. The van der Waals surface area contributed by atoms with Crippen LogP contribution in [0.1, 0.15) is 10.4 Å². The molecule has 1 heterocycles. The van der Waals surface area contributed by atoms with E-state index in [1.165, 1.54) is 13.4 Å². The highest BCUT2D eigenvalue weighted by molar-refractivity contribution is 5.97. The van der Waals surface area contributed by atoms with Crippen LogP contribution in [0.5, 0.6) is 5.75 Å². The van der Waals surface area contributed by atoms with Gasteiger partial charge in [0.15, 0.2) is 0 Å². The van der Waals surface area contributed by atoms with E-state index in [0.29, 0.717) is 11.4 Å². The van der Waals surface area contributed by atoms with Crippen LogP contribution in [0.15, 0.2) is 60.9 Å². The van der Waals surface area contributed by atoms with Gasteiger partial charge >= 0.3 is 5.69 Å². The molecule has 0 saturated carbocycles. The van der Waals surface area contributed by atoms with Crippen LogP contribution < -0.4 is 20.5 Å². The maximum Gasteiger partial charge on any atom is 0.355 e. The maximum atomic E-state index is 12.4. The Balaban J connectivity index is 1.88. The number of anilines is 3. The van der Waals surface area contributed by atoms with Crippen molar-refractivity contribution in [2.45, 2.75) is 0 Å². The number of aromatic nitrogens is 2. The molecule has 10 heteroatoms. The summed E-state index contributed by atoms with van der Waals surface area (Å²) in [6, 6.07) is 15.7. The highest BCUT2D eigenvalue weighted by Gasteiger charge is 2.26. The third-order valence-electron chi connectivity index (χ3n) is 4.09. The second kappa shape index (κ2) is 8.65. The molecule has 0 spiro atoms. The molecular formula is C19H18N6O4. The molecule has 0 radical (unpaired) electrons. The number of carbonyl (C=O) groups is 1. The molecule has 3 aromatic rings. The number of rotatable bonds is 7. The summed E-state index contributed by atoms with van der Waals surface area (Å²) >= 11 is 0. The first-order valence-electron chi connectivity index (χ1n) is 8.50. The summed E-state index contributed by atoms with van der Waals surface area (Å²) in [6.45, 7) is 0. The Hall–Kier alpha value is -4.21. The molecule has 2 N–H and O–H groups in total. The van der Waals surface area contributed by atoms with Gasteiger partial charge in [0.05, 0.1) is 17.6 Å². The lowest BCUT2D eigenvalue weighted by Gasteiger charge is -2.19. The fourth-order valence-corrected chi connectivity index (χ4v) is 2.66. The lowest BCUT2D eigenvalue weighted by Crippen LogP contribution is -2.31. The number of ether oxygens (including phenoxy) is 1. The van der Waals surface area contributed by atoms with Crippen molar-refractivity contribution in [2.24, 2.45) is 0 Å². The largest absolute Gasteiger partial charge is 0.496 e. The first-order valence-corrected chi connectivity index (χ1v) is 8.50. The van der Waals surface area contributed by atoms with Gasteiger partial charge in [0.25, 0.3) is 5.91 Å². The van der Waals surface area contributed by atoms with Gasteiger partial charge in [-0.3, -0.25) is 25.8 Å². The fraction of sp³-hybridized carbons (Fsp3) is 0.105. The molecule has 1 aromatic heterocycles. The normalized spacial score (nSPS) is 10.1. The van der Waals surface area contributed by atoms with Crippen LogP contribution in [0.25, 0.3) is 0 Å². The summed E-state index contributed by atoms with van der Waals surface area (Å²) in [5.41, 5.74) is 5.52. The van der Waals surface area contributed by atoms with Crippen molar-refractivity contribution >= 4 is 28.9 Å². The quantitative estimate of drug-likeness (QED) is 0.463. The van der Waals surface area contributed by atoms with E-state index >= 15 is 0 Å². The molecule has 1 amide bonds. The number of benzene rings is 2. The smallest absolute Gasteiger partial charge is 0.355 e. The van der Waals surface area contributed by atoms with Gasteiger partial charge in [0.1, 0.15) is 12.1 Å². The zero-order valence-electron chi connectivity index (χ0n) is 15.7. The van der Waals surface area contributed by atoms with Crippen molar-refractivity contribution < 1.29 is 14.5 Å². The Labute approximate surface area is 166 Å². The summed E-state index contributed by atoms with van der Waals surface area (Å²) in [5, 5.41) is 11.7. The van der Waals surface area contributed by atoms with Gasteiger partial charge in [-0.1, -0.05) is 30.3 Å². The minimum absolute atomic E-state index is 0.0743. The molecule has 148 valence electrons. The molecule has 0 saturated heterocycles. The Morgan fingerprint density at radius 2 is 1.79 bits per heavy atom. The van der Waals surface area contributed by atoms with E-state index in [9.17, 15) is 14.9 Å². The third kappa shape index (κ3) is 4.21. The number of amides is 1. The second-order valence-electron chi connectivity index (χ2n) is 5.83. The van der Waals surface area contributed by atoms with Gasteiger partial charge in [0.2, 0.25) is 11.6 Å². The molecule has 0 atom stereocenters. The summed E-state index contributed by atoms with van der Waals surface area (Å²) in [6.07, 6.45) is 1.18. The molecule has 0 aliphatic heterocycles. The molecule has 0 unspecified atom stereocenters. The number of para-hydroxylation sites is 2. The third-order valence-corrected chi connectivity index (χ3v) is 4.09. The van der Waals surface area contributed by atoms with Crippen molar-refractivity contribution in [3.05, 3.63) is 76.6 Å². The van der Waals surface area contributed by atoms with Crippen LogP contribution in [-0.4, -0.2) is 35.0 Å². The van der Waals surface area contributed by atoms with Gasteiger partial charge in [-0.05, 0) is 24.3 Å². The van der Waals surface area contributed by atoms with E-state index in [-0.39, 0.29) is 22.9 Å². The minimum Gasteiger partial charge on any atom is -0.496 e. The molecule has 10 nitrogen and oxygen atoms in total. The topological polar surface area (TPSA) is 123 Å². The van der Waals surface area contributed by atoms with E-state index in [4.69, 9.17) is 4.74 Å². The number of nitro groups is 1. The molecule has 2 aromatic carbocycles. The molecule has 3 rings (SSSR count). The van der Waals surface area contributed by atoms with Gasteiger partial charge < -0.3 is 9.64 Å². The minimum atomic E-state index is -0.605. The fourth-order valence-electron chi connectivity index (χ4n) is 2.66. The number of hydrogen-bond acceptors (Lipinski definition) is 8. The number of methoxy groups -OCH3 is 1. The number of nitrogens with one attached hydrogen (secondary N) is 2. The van der Waals surface area contributed by atoms with Gasteiger partial charge in [-0.2, -0.15) is 0 Å². The van der Waals surface area contributed by atoms with Crippen LogP contribution in [0.2, 0.25) is 0 Å². The van der Waals surface area contributed by atoms with Crippen molar-refractivity contribution in [3.8, 4) is 5.75 Å². The number of carbonyl (C=O) groups excluding carboxylic acids is 1. The standard InChI is InChI=1S/C19H18N6O4/c1-24(13-8-4-3-5-9-13)18-16(25(27)28)17(20-12-21-18)22-23-19(26)14-10-6-7-11-15(14)29-2/h3-12H,1-2H3,(H,23,26)(H,20,21,22). The highest BCUT2D eigenvalue weighted by atomic mass is 16.6. The highest BCUT2D eigenvalue weighted by Crippen LogP contribution is 2.34. The average Bonchev–Trinajstić information content (AvgIpc) is 2.77. The van der Waals surface area contributed by atoms with Gasteiger partial charge in [-0.25, -0.2) is 9.97 Å². The van der Waals surface area contributed by atoms with E-state index in [2.05, 4.69) is 20.8 Å². The second-order valence-corrected chi connectivity index (χ2v) is 5.83. The van der Waals surface area contributed by atoms with Crippen LogP contribution in [0, 0.1) is 10.1 Å². The monoisotopic (exact) mass is 394 g/mol. The number of hydrogen-bond donors (Lipinski definition) is 2. The Bertz CT molecular complexity index is 1030. The van der Waals surface area contributed by atoms with Crippen molar-refractivity contribution in [1.29, 1.82) is 0 Å². The van der Waals surface area contributed by atoms with Gasteiger partial charge in [-0.15, -0.1) is 0 Å².